The number of amides is 2. The van der Waals surface area contributed by atoms with E-state index >= 15 is 0 Å². The minimum absolute atomic E-state index is 0.110. The van der Waals surface area contributed by atoms with E-state index in [9.17, 15) is 9.59 Å². The summed E-state index contributed by atoms with van der Waals surface area (Å²) in [6.07, 6.45) is 2.24. The van der Waals surface area contributed by atoms with E-state index in [1.54, 1.807) is 18.2 Å². The first-order valence-electron chi connectivity index (χ1n) is 7.74. The Kier molecular flexibility index (Phi) is 4.70. The van der Waals surface area contributed by atoms with E-state index in [0.29, 0.717) is 24.4 Å². The van der Waals surface area contributed by atoms with E-state index in [1.807, 2.05) is 6.07 Å². The predicted octanol–water partition coefficient (Wildman–Crippen LogP) is 0.896. The lowest BCUT2D eigenvalue weighted by Gasteiger charge is -2.23. The molecule has 1 atom stereocenters. The Morgan fingerprint density at radius 1 is 1.27 bits per heavy atom. The molecule has 1 aromatic carbocycles. The van der Waals surface area contributed by atoms with Crippen LogP contribution in [0.4, 0.5) is 5.69 Å². The fourth-order valence-corrected chi connectivity index (χ4v) is 2.44. The lowest BCUT2D eigenvalue weighted by atomic mass is 10.1. The molecule has 1 heterocycles. The van der Waals surface area contributed by atoms with Crippen molar-refractivity contribution in [2.75, 3.05) is 25.0 Å². The first kappa shape index (κ1) is 15.0. The van der Waals surface area contributed by atoms with E-state index in [1.165, 1.54) is 0 Å². The molecule has 2 fully saturated rings. The number of hydrogen-bond donors (Lipinski definition) is 3. The van der Waals surface area contributed by atoms with Gasteiger partial charge in [-0.3, -0.25) is 9.59 Å². The van der Waals surface area contributed by atoms with Gasteiger partial charge in [0.15, 0.2) is 0 Å². The quantitative estimate of drug-likeness (QED) is 0.755. The van der Waals surface area contributed by atoms with Crippen molar-refractivity contribution < 1.29 is 14.3 Å². The first-order chi connectivity index (χ1) is 10.7. The van der Waals surface area contributed by atoms with E-state index in [-0.39, 0.29) is 30.4 Å². The molecule has 1 saturated heterocycles. The number of para-hydroxylation sites is 1. The molecule has 1 aromatic rings. The Labute approximate surface area is 129 Å². The van der Waals surface area contributed by atoms with E-state index < -0.39 is 0 Å². The molecule has 1 aliphatic carbocycles. The zero-order chi connectivity index (χ0) is 15.4. The van der Waals surface area contributed by atoms with Crippen molar-refractivity contribution in [1.29, 1.82) is 0 Å². The molecule has 118 valence electrons. The Morgan fingerprint density at radius 3 is 2.82 bits per heavy atom. The van der Waals surface area contributed by atoms with Crippen LogP contribution in [-0.4, -0.2) is 43.7 Å². The van der Waals surface area contributed by atoms with Gasteiger partial charge >= 0.3 is 0 Å². The molecule has 1 unspecified atom stereocenters. The number of hydrogen-bond acceptors (Lipinski definition) is 4. The number of ether oxygens (including phenoxy) is 1. The zero-order valence-corrected chi connectivity index (χ0v) is 12.4. The molecule has 0 aromatic heterocycles. The van der Waals surface area contributed by atoms with Crippen LogP contribution in [0.5, 0.6) is 0 Å². The molecule has 3 N–H and O–H groups in total. The van der Waals surface area contributed by atoms with Gasteiger partial charge in [0, 0.05) is 19.1 Å². The molecule has 6 heteroatoms. The fourth-order valence-electron chi connectivity index (χ4n) is 2.44. The topological polar surface area (TPSA) is 79.5 Å². The summed E-state index contributed by atoms with van der Waals surface area (Å²) >= 11 is 0. The van der Waals surface area contributed by atoms with Crippen LogP contribution in [0.15, 0.2) is 24.3 Å². The smallest absolute Gasteiger partial charge is 0.253 e. The minimum Gasteiger partial charge on any atom is -0.375 e. The summed E-state index contributed by atoms with van der Waals surface area (Å²) < 4.78 is 5.52. The summed E-state index contributed by atoms with van der Waals surface area (Å²) in [5.74, 6) is -0.269. The maximum Gasteiger partial charge on any atom is 0.253 e. The summed E-state index contributed by atoms with van der Waals surface area (Å²) in [7, 11) is 0. The number of carbonyl (C=O) groups is 2. The Balaban J connectivity index is 1.60. The molecule has 1 saturated carbocycles. The SMILES string of the molecule is O=C(CC1CNCCO1)Nc1ccccc1C(=O)NC1CC1. The maximum atomic E-state index is 12.2. The first-order valence-corrected chi connectivity index (χ1v) is 7.74. The van der Waals surface area contributed by atoms with Crippen LogP contribution in [0.3, 0.4) is 0 Å². The Hall–Kier alpha value is -1.92. The third-order valence-corrected chi connectivity index (χ3v) is 3.78. The number of rotatable bonds is 5. The van der Waals surface area contributed by atoms with Crippen molar-refractivity contribution in [2.45, 2.75) is 31.4 Å². The van der Waals surface area contributed by atoms with Crippen LogP contribution in [0, 0.1) is 0 Å². The summed E-state index contributed by atoms with van der Waals surface area (Å²) in [4.78, 5) is 24.3. The highest BCUT2D eigenvalue weighted by atomic mass is 16.5. The summed E-state index contributed by atoms with van der Waals surface area (Å²) in [5, 5.41) is 8.96. The Morgan fingerprint density at radius 2 is 2.09 bits per heavy atom. The third-order valence-electron chi connectivity index (χ3n) is 3.78. The molecule has 1 aliphatic heterocycles. The van der Waals surface area contributed by atoms with Crippen LogP contribution in [0.2, 0.25) is 0 Å². The molecule has 2 aliphatic rings. The lowest BCUT2D eigenvalue weighted by Crippen LogP contribution is -2.40. The second kappa shape index (κ2) is 6.89. The van der Waals surface area contributed by atoms with Crippen molar-refractivity contribution in [3.8, 4) is 0 Å². The highest BCUT2D eigenvalue weighted by Gasteiger charge is 2.25. The number of carbonyl (C=O) groups excluding carboxylic acids is 2. The van der Waals surface area contributed by atoms with Gasteiger partial charge in [0.1, 0.15) is 0 Å². The molecule has 22 heavy (non-hydrogen) atoms. The molecule has 0 spiro atoms. The third kappa shape index (κ3) is 4.05. The van der Waals surface area contributed by atoms with Gasteiger partial charge in [-0.1, -0.05) is 12.1 Å². The molecule has 2 amide bonds. The van der Waals surface area contributed by atoms with E-state index in [2.05, 4.69) is 16.0 Å². The second-order valence-corrected chi connectivity index (χ2v) is 5.74. The molecular formula is C16H21N3O3. The van der Waals surface area contributed by atoms with Crippen molar-refractivity contribution in [3.63, 3.8) is 0 Å². The number of morpholine rings is 1. The van der Waals surface area contributed by atoms with Gasteiger partial charge in [0.2, 0.25) is 5.91 Å². The maximum absolute atomic E-state index is 12.2. The van der Waals surface area contributed by atoms with Gasteiger partial charge < -0.3 is 20.7 Å². The molecule has 6 nitrogen and oxygen atoms in total. The van der Waals surface area contributed by atoms with E-state index in [4.69, 9.17) is 4.74 Å². The van der Waals surface area contributed by atoms with Gasteiger partial charge in [-0.25, -0.2) is 0 Å². The van der Waals surface area contributed by atoms with Crippen molar-refractivity contribution in [1.82, 2.24) is 10.6 Å². The highest BCUT2D eigenvalue weighted by molar-refractivity contribution is 6.04. The summed E-state index contributed by atoms with van der Waals surface area (Å²) in [5.41, 5.74) is 1.06. The van der Waals surface area contributed by atoms with Crippen LogP contribution in [-0.2, 0) is 9.53 Å². The predicted molar refractivity (Wildman–Crippen MR) is 82.8 cm³/mol. The molecular weight excluding hydrogens is 282 g/mol. The lowest BCUT2D eigenvalue weighted by molar-refractivity contribution is -0.119. The van der Waals surface area contributed by atoms with Gasteiger partial charge in [-0.05, 0) is 25.0 Å². The van der Waals surface area contributed by atoms with Crippen LogP contribution in [0.1, 0.15) is 29.6 Å². The minimum atomic E-state index is -0.139. The van der Waals surface area contributed by atoms with Crippen molar-refractivity contribution in [2.24, 2.45) is 0 Å². The monoisotopic (exact) mass is 303 g/mol. The largest absolute Gasteiger partial charge is 0.375 e. The number of benzene rings is 1. The van der Waals surface area contributed by atoms with Gasteiger partial charge in [0.05, 0.1) is 30.4 Å². The van der Waals surface area contributed by atoms with Crippen molar-refractivity contribution >= 4 is 17.5 Å². The standard InChI is InChI=1S/C16H21N3O3/c20-15(9-12-10-17-7-8-22-12)19-14-4-2-1-3-13(14)16(21)18-11-5-6-11/h1-4,11-12,17H,5-10H2,(H,18,21)(H,19,20). The Bertz CT molecular complexity index is 551. The molecule has 0 radical (unpaired) electrons. The summed E-state index contributed by atoms with van der Waals surface area (Å²) in [6, 6.07) is 7.37. The zero-order valence-electron chi connectivity index (χ0n) is 12.4. The fraction of sp³-hybridized carbons (Fsp3) is 0.500. The van der Waals surface area contributed by atoms with Gasteiger partial charge in [-0.2, -0.15) is 0 Å². The molecule has 3 rings (SSSR count). The average molecular weight is 303 g/mol. The molecule has 0 bridgehead atoms. The second-order valence-electron chi connectivity index (χ2n) is 5.74. The van der Waals surface area contributed by atoms with Crippen LogP contribution >= 0.6 is 0 Å². The average Bonchev–Trinajstić information content (AvgIpc) is 3.32. The van der Waals surface area contributed by atoms with Crippen molar-refractivity contribution in [3.05, 3.63) is 29.8 Å². The normalized spacial score (nSPS) is 21.2. The summed E-state index contributed by atoms with van der Waals surface area (Å²) in [6.45, 7) is 2.12. The van der Waals surface area contributed by atoms with Gasteiger partial charge in [-0.15, -0.1) is 0 Å². The number of anilines is 1. The van der Waals surface area contributed by atoms with Crippen LogP contribution < -0.4 is 16.0 Å². The van der Waals surface area contributed by atoms with Crippen LogP contribution in [0.25, 0.3) is 0 Å². The number of nitrogens with one attached hydrogen (secondary N) is 3. The van der Waals surface area contributed by atoms with Gasteiger partial charge in [0.25, 0.3) is 5.91 Å². The highest BCUT2D eigenvalue weighted by Crippen LogP contribution is 2.21. The van der Waals surface area contributed by atoms with E-state index in [0.717, 1.165) is 19.4 Å².